The molecule has 0 saturated carbocycles. The first-order chi connectivity index (χ1) is 8.88. The molecule has 0 saturated heterocycles. The number of hydrogen-bond donors (Lipinski definition) is 0. The summed E-state index contributed by atoms with van der Waals surface area (Å²) in [7, 11) is 0. The highest BCUT2D eigenvalue weighted by atomic mass is 79.9. The summed E-state index contributed by atoms with van der Waals surface area (Å²) in [6, 6.07) is 8.55. The van der Waals surface area contributed by atoms with Gasteiger partial charge in [0.25, 0.3) is 0 Å². The van der Waals surface area contributed by atoms with Gasteiger partial charge in [0.2, 0.25) is 0 Å². The van der Waals surface area contributed by atoms with Crippen molar-refractivity contribution in [1.82, 2.24) is 0 Å². The van der Waals surface area contributed by atoms with Gasteiger partial charge < -0.3 is 0 Å². The summed E-state index contributed by atoms with van der Waals surface area (Å²) < 4.78 is 14.2. The lowest BCUT2D eigenvalue weighted by molar-refractivity contribution is 0.624. The molecule has 2 aromatic carbocycles. The van der Waals surface area contributed by atoms with Crippen LogP contribution in [-0.4, -0.2) is 0 Å². The van der Waals surface area contributed by atoms with Crippen molar-refractivity contribution in [3.63, 3.8) is 0 Å². The SMILES string of the molecule is Cc1cc(F)cc(C)c1C(Cl)c1cc(Cl)cc(Br)c1. The van der Waals surface area contributed by atoms with E-state index in [2.05, 4.69) is 15.9 Å². The van der Waals surface area contributed by atoms with Crippen molar-refractivity contribution < 1.29 is 4.39 Å². The van der Waals surface area contributed by atoms with E-state index in [0.29, 0.717) is 5.02 Å². The van der Waals surface area contributed by atoms with E-state index in [1.807, 2.05) is 26.0 Å². The summed E-state index contributed by atoms with van der Waals surface area (Å²) in [4.78, 5) is 0. The number of halogens is 4. The van der Waals surface area contributed by atoms with Crippen LogP contribution in [0.25, 0.3) is 0 Å². The molecule has 0 aliphatic heterocycles. The van der Waals surface area contributed by atoms with Gasteiger partial charge in [-0.1, -0.05) is 27.5 Å². The van der Waals surface area contributed by atoms with E-state index in [-0.39, 0.29) is 11.2 Å². The summed E-state index contributed by atoms with van der Waals surface area (Å²) in [6.45, 7) is 3.72. The molecule has 0 fully saturated rings. The molecule has 0 amide bonds. The number of benzene rings is 2. The van der Waals surface area contributed by atoms with Crippen LogP contribution in [0.2, 0.25) is 5.02 Å². The van der Waals surface area contributed by atoms with Gasteiger partial charge in [-0.15, -0.1) is 11.6 Å². The van der Waals surface area contributed by atoms with Crippen molar-refractivity contribution in [2.75, 3.05) is 0 Å². The van der Waals surface area contributed by atoms with Gasteiger partial charge in [-0.3, -0.25) is 0 Å². The summed E-state index contributed by atoms with van der Waals surface area (Å²) in [5.74, 6) is -0.241. The van der Waals surface area contributed by atoms with Gasteiger partial charge in [-0.2, -0.15) is 0 Å². The minimum atomic E-state index is -0.351. The second kappa shape index (κ2) is 5.82. The molecule has 0 nitrogen and oxygen atoms in total. The molecule has 2 aromatic rings. The Bertz CT molecular complexity index is 582. The maximum Gasteiger partial charge on any atom is 0.123 e. The van der Waals surface area contributed by atoms with Crippen LogP contribution < -0.4 is 0 Å². The van der Waals surface area contributed by atoms with Crippen LogP contribution in [0.3, 0.4) is 0 Å². The zero-order valence-corrected chi connectivity index (χ0v) is 13.6. The van der Waals surface area contributed by atoms with Gasteiger partial charge in [0.15, 0.2) is 0 Å². The first-order valence-corrected chi connectivity index (χ1v) is 7.36. The van der Waals surface area contributed by atoms with E-state index in [0.717, 1.165) is 26.7 Å². The molecular formula is C15H12BrCl2F. The molecular weight excluding hydrogens is 350 g/mol. The third-order valence-corrected chi connectivity index (χ3v) is 4.14. The molecule has 0 aliphatic rings. The van der Waals surface area contributed by atoms with E-state index in [1.165, 1.54) is 12.1 Å². The van der Waals surface area contributed by atoms with Crippen molar-refractivity contribution in [1.29, 1.82) is 0 Å². The molecule has 0 aromatic heterocycles. The van der Waals surface area contributed by atoms with Crippen LogP contribution in [0, 0.1) is 19.7 Å². The molecule has 0 bridgehead atoms. The maximum absolute atomic E-state index is 13.3. The fourth-order valence-corrected chi connectivity index (χ4v) is 3.57. The zero-order chi connectivity index (χ0) is 14.2. The molecule has 100 valence electrons. The van der Waals surface area contributed by atoms with Gasteiger partial charge in [-0.05, 0) is 66.4 Å². The normalized spacial score (nSPS) is 12.5. The minimum Gasteiger partial charge on any atom is -0.207 e. The third kappa shape index (κ3) is 3.31. The monoisotopic (exact) mass is 360 g/mol. The van der Waals surface area contributed by atoms with Gasteiger partial charge >= 0.3 is 0 Å². The third-order valence-electron chi connectivity index (χ3n) is 2.99. The van der Waals surface area contributed by atoms with Gasteiger partial charge in [-0.25, -0.2) is 4.39 Å². The molecule has 0 heterocycles. The van der Waals surface area contributed by atoms with Crippen LogP contribution in [0.4, 0.5) is 4.39 Å². The fraction of sp³-hybridized carbons (Fsp3) is 0.200. The average Bonchev–Trinajstić information content (AvgIpc) is 2.25. The van der Waals surface area contributed by atoms with Crippen LogP contribution in [0.5, 0.6) is 0 Å². The van der Waals surface area contributed by atoms with Crippen molar-refractivity contribution >= 4 is 39.1 Å². The standard InChI is InChI=1S/C15H12BrCl2F/c1-8-3-13(19)4-9(2)14(8)15(18)10-5-11(16)7-12(17)6-10/h3-7,15H,1-2H3. The lowest BCUT2D eigenvalue weighted by atomic mass is 9.95. The van der Waals surface area contributed by atoms with Gasteiger partial charge in [0.1, 0.15) is 5.82 Å². The number of rotatable bonds is 2. The molecule has 1 unspecified atom stereocenters. The van der Waals surface area contributed by atoms with Crippen molar-refractivity contribution in [2.45, 2.75) is 19.2 Å². The quantitative estimate of drug-likeness (QED) is 0.559. The molecule has 2 rings (SSSR count). The molecule has 0 radical (unpaired) electrons. The molecule has 0 aliphatic carbocycles. The first-order valence-electron chi connectivity index (χ1n) is 5.75. The second-order valence-corrected chi connectivity index (χ2v) is 6.31. The van der Waals surface area contributed by atoms with E-state index in [4.69, 9.17) is 23.2 Å². The van der Waals surface area contributed by atoms with Crippen molar-refractivity contribution in [3.05, 3.63) is 67.9 Å². The van der Waals surface area contributed by atoms with Crippen molar-refractivity contribution in [2.24, 2.45) is 0 Å². The highest BCUT2D eigenvalue weighted by molar-refractivity contribution is 9.10. The van der Waals surface area contributed by atoms with E-state index in [1.54, 1.807) is 6.07 Å². The minimum absolute atomic E-state index is 0.241. The topological polar surface area (TPSA) is 0 Å². The van der Waals surface area contributed by atoms with Gasteiger partial charge in [0.05, 0.1) is 5.38 Å². The number of hydrogen-bond acceptors (Lipinski definition) is 0. The van der Waals surface area contributed by atoms with E-state index < -0.39 is 0 Å². The Hall–Kier alpha value is -0.570. The lowest BCUT2D eigenvalue weighted by Crippen LogP contribution is -2.01. The molecule has 0 spiro atoms. The predicted octanol–water partition coefficient (Wildman–Crippen LogP) is 6.19. The molecule has 1 atom stereocenters. The second-order valence-electron chi connectivity index (χ2n) is 4.52. The summed E-state index contributed by atoms with van der Waals surface area (Å²) in [5.41, 5.74) is 3.50. The van der Waals surface area contributed by atoms with Crippen LogP contribution in [0.15, 0.2) is 34.8 Å². The molecule has 0 N–H and O–H groups in total. The van der Waals surface area contributed by atoms with E-state index in [9.17, 15) is 4.39 Å². The fourth-order valence-electron chi connectivity index (χ4n) is 2.21. The Kier molecular flexibility index (Phi) is 4.54. The largest absolute Gasteiger partial charge is 0.207 e. The highest BCUT2D eigenvalue weighted by Crippen LogP contribution is 2.36. The first kappa shape index (κ1) is 14.8. The maximum atomic E-state index is 13.3. The summed E-state index contributed by atoms with van der Waals surface area (Å²) >= 11 is 16.0. The number of aryl methyl sites for hydroxylation is 2. The van der Waals surface area contributed by atoms with Gasteiger partial charge in [0, 0.05) is 9.50 Å². The van der Waals surface area contributed by atoms with Crippen LogP contribution >= 0.6 is 39.1 Å². The average molecular weight is 362 g/mol. The zero-order valence-electron chi connectivity index (χ0n) is 10.5. The molecule has 4 heteroatoms. The Labute approximate surface area is 130 Å². The summed E-state index contributed by atoms with van der Waals surface area (Å²) in [6.07, 6.45) is 0. The highest BCUT2D eigenvalue weighted by Gasteiger charge is 2.17. The van der Waals surface area contributed by atoms with Crippen LogP contribution in [-0.2, 0) is 0 Å². The Balaban J connectivity index is 2.52. The lowest BCUT2D eigenvalue weighted by Gasteiger charge is -2.17. The van der Waals surface area contributed by atoms with E-state index >= 15 is 0 Å². The number of alkyl halides is 1. The Morgan fingerprint density at radius 3 is 2.16 bits per heavy atom. The molecule has 19 heavy (non-hydrogen) atoms. The van der Waals surface area contributed by atoms with Crippen molar-refractivity contribution in [3.8, 4) is 0 Å². The summed E-state index contributed by atoms with van der Waals surface area (Å²) in [5, 5.41) is 0.267. The Morgan fingerprint density at radius 2 is 1.63 bits per heavy atom. The smallest absolute Gasteiger partial charge is 0.123 e. The predicted molar refractivity (Wildman–Crippen MR) is 82.7 cm³/mol. The van der Waals surface area contributed by atoms with Crippen LogP contribution in [0.1, 0.15) is 27.6 Å². The Morgan fingerprint density at radius 1 is 1.05 bits per heavy atom.